The third-order valence-corrected chi connectivity index (χ3v) is 11.8. The Morgan fingerprint density at radius 1 is 0.368 bits per heavy atom. The van der Waals surface area contributed by atoms with E-state index in [1.54, 1.807) is 0 Å². The van der Waals surface area contributed by atoms with Crippen molar-refractivity contribution in [3.05, 3.63) is 0 Å². The van der Waals surface area contributed by atoms with Gasteiger partial charge < -0.3 is 14.2 Å². The summed E-state index contributed by atoms with van der Waals surface area (Å²) in [5.41, 5.74) is 0. The summed E-state index contributed by atoms with van der Waals surface area (Å²) in [6.45, 7) is 11.4. The van der Waals surface area contributed by atoms with Gasteiger partial charge in [-0.3, -0.25) is 14.4 Å². The summed E-state index contributed by atoms with van der Waals surface area (Å²) < 4.78 is 16.8. The van der Waals surface area contributed by atoms with Gasteiger partial charge in [0.15, 0.2) is 6.10 Å². The van der Waals surface area contributed by atoms with Crippen molar-refractivity contribution in [2.24, 2.45) is 11.8 Å². The van der Waals surface area contributed by atoms with E-state index in [2.05, 4.69) is 34.6 Å². The van der Waals surface area contributed by atoms with Gasteiger partial charge in [-0.1, -0.05) is 240 Å². The number of rotatable bonds is 45. The van der Waals surface area contributed by atoms with Crippen LogP contribution in [0.15, 0.2) is 0 Å². The van der Waals surface area contributed by atoms with Crippen LogP contribution in [0.25, 0.3) is 0 Å². The highest BCUT2D eigenvalue weighted by Gasteiger charge is 2.19. The minimum Gasteiger partial charge on any atom is -0.462 e. The van der Waals surface area contributed by atoms with Gasteiger partial charge in [-0.05, 0) is 31.1 Å². The van der Waals surface area contributed by atoms with Crippen molar-refractivity contribution in [3.8, 4) is 0 Å². The zero-order chi connectivity index (χ0) is 41.9. The molecule has 0 aromatic rings. The highest BCUT2D eigenvalue weighted by atomic mass is 16.6. The Balaban J connectivity index is 4.27. The second-order valence-electron chi connectivity index (χ2n) is 18.2. The van der Waals surface area contributed by atoms with Crippen molar-refractivity contribution in [1.29, 1.82) is 0 Å². The minimum absolute atomic E-state index is 0.0643. The summed E-state index contributed by atoms with van der Waals surface area (Å²) in [7, 11) is 0. The lowest BCUT2D eigenvalue weighted by Crippen LogP contribution is -2.30. The molecule has 0 aliphatic rings. The molecule has 0 N–H and O–H groups in total. The highest BCUT2D eigenvalue weighted by Crippen LogP contribution is 2.18. The number of unbranched alkanes of at least 4 members (excludes halogenated alkanes) is 29. The molecule has 0 fully saturated rings. The third kappa shape index (κ3) is 43.8. The fraction of sp³-hybridized carbons (Fsp3) is 0.941. The first-order valence-electron chi connectivity index (χ1n) is 25.3. The molecule has 0 heterocycles. The minimum atomic E-state index is -0.761. The van der Waals surface area contributed by atoms with Gasteiger partial charge in [0.1, 0.15) is 13.2 Å². The molecule has 0 radical (unpaired) electrons. The van der Waals surface area contributed by atoms with Crippen LogP contribution < -0.4 is 0 Å². The number of esters is 3. The fourth-order valence-corrected chi connectivity index (χ4v) is 7.60. The lowest BCUT2D eigenvalue weighted by molar-refractivity contribution is -0.167. The van der Waals surface area contributed by atoms with Crippen LogP contribution >= 0.6 is 0 Å². The molecule has 0 aliphatic carbocycles. The van der Waals surface area contributed by atoms with Crippen LogP contribution in [0, 0.1) is 11.8 Å². The molecule has 0 aliphatic heterocycles. The van der Waals surface area contributed by atoms with Crippen LogP contribution in [0.1, 0.15) is 279 Å². The number of ether oxygens (including phenoxy) is 3. The summed E-state index contributed by atoms with van der Waals surface area (Å²) in [4.78, 5) is 37.8. The quantitative estimate of drug-likeness (QED) is 0.0346. The molecular formula is C51H98O6. The predicted octanol–water partition coefficient (Wildman–Crippen LogP) is 16.1. The molecule has 57 heavy (non-hydrogen) atoms. The average Bonchev–Trinajstić information content (AvgIpc) is 3.19. The molecule has 0 saturated carbocycles. The summed E-state index contributed by atoms with van der Waals surface area (Å²) in [6.07, 6.45) is 43.7. The van der Waals surface area contributed by atoms with Gasteiger partial charge in [0, 0.05) is 19.3 Å². The average molecular weight is 807 g/mol. The van der Waals surface area contributed by atoms with Crippen LogP contribution in [0.3, 0.4) is 0 Å². The third-order valence-electron chi connectivity index (χ3n) is 11.8. The van der Waals surface area contributed by atoms with Crippen molar-refractivity contribution in [3.63, 3.8) is 0 Å². The molecule has 338 valence electrons. The van der Waals surface area contributed by atoms with E-state index in [4.69, 9.17) is 14.2 Å². The van der Waals surface area contributed by atoms with Crippen molar-refractivity contribution < 1.29 is 28.6 Å². The van der Waals surface area contributed by atoms with E-state index in [1.165, 1.54) is 167 Å². The van der Waals surface area contributed by atoms with E-state index < -0.39 is 6.10 Å². The van der Waals surface area contributed by atoms with Crippen LogP contribution in [-0.4, -0.2) is 37.2 Å². The standard InChI is InChI=1S/C51H98O6/c1-6-8-9-10-11-12-20-26-31-36-41-49(52)55-44-48(45-56-50(53)42-37-32-27-23-22-24-29-34-39-46(3)4)57-51(54)43-38-33-28-21-18-16-14-13-15-17-19-25-30-35-40-47(5)7-2/h46-48H,6-45H2,1-5H3/t47?,48-/m1/s1. The van der Waals surface area contributed by atoms with Crippen LogP contribution in [-0.2, 0) is 28.6 Å². The molecular weight excluding hydrogens is 709 g/mol. The Morgan fingerprint density at radius 2 is 0.667 bits per heavy atom. The molecule has 0 bridgehead atoms. The van der Waals surface area contributed by atoms with Gasteiger partial charge in [0.25, 0.3) is 0 Å². The Bertz CT molecular complexity index is 872. The van der Waals surface area contributed by atoms with Crippen molar-refractivity contribution >= 4 is 17.9 Å². The number of hydrogen-bond acceptors (Lipinski definition) is 6. The fourth-order valence-electron chi connectivity index (χ4n) is 7.60. The lowest BCUT2D eigenvalue weighted by atomic mass is 9.99. The lowest BCUT2D eigenvalue weighted by Gasteiger charge is -2.18. The Kier molecular flexibility index (Phi) is 42.7. The number of carbonyl (C=O) groups excluding carboxylic acids is 3. The van der Waals surface area contributed by atoms with Crippen molar-refractivity contribution in [2.45, 2.75) is 285 Å². The van der Waals surface area contributed by atoms with E-state index in [0.717, 1.165) is 69.6 Å². The molecule has 1 unspecified atom stereocenters. The van der Waals surface area contributed by atoms with Gasteiger partial charge in [0.05, 0.1) is 0 Å². The Labute approximate surface area is 355 Å². The van der Waals surface area contributed by atoms with Crippen LogP contribution in [0.2, 0.25) is 0 Å². The first-order chi connectivity index (χ1) is 27.8. The first-order valence-corrected chi connectivity index (χ1v) is 25.3. The zero-order valence-electron chi connectivity index (χ0n) is 39.0. The SMILES string of the molecule is CCCCCCCCCCCCC(=O)OC[C@H](COC(=O)CCCCCCCCCCC(C)C)OC(=O)CCCCCCCCCCCCCCCCC(C)CC. The molecule has 2 atom stereocenters. The highest BCUT2D eigenvalue weighted by molar-refractivity contribution is 5.71. The normalized spacial score (nSPS) is 12.5. The second-order valence-corrected chi connectivity index (χ2v) is 18.2. The van der Waals surface area contributed by atoms with Gasteiger partial charge >= 0.3 is 17.9 Å². The van der Waals surface area contributed by atoms with E-state index in [9.17, 15) is 14.4 Å². The van der Waals surface area contributed by atoms with Crippen molar-refractivity contribution in [2.75, 3.05) is 13.2 Å². The largest absolute Gasteiger partial charge is 0.462 e. The summed E-state index contributed by atoms with van der Waals surface area (Å²) >= 11 is 0. The first kappa shape index (κ1) is 55.4. The summed E-state index contributed by atoms with van der Waals surface area (Å²) in [5, 5.41) is 0. The maximum atomic E-state index is 12.8. The molecule has 0 aromatic carbocycles. The second kappa shape index (κ2) is 44.0. The summed E-state index contributed by atoms with van der Waals surface area (Å²) in [6, 6.07) is 0. The van der Waals surface area contributed by atoms with Gasteiger partial charge in [-0.2, -0.15) is 0 Å². The van der Waals surface area contributed by atoms with Gasteiger partial charge in [-0.25, -0.2) is 0 Å². The van der Waals surface area contributed by atoms with Gasteiger partial charge in [0.2, 0.25) is 0 Å². The Morgan fingerprint density at radius 3 is 1.00 bits per heavy atom. The van der Waals surface area contributed by atoms with Gasteiger partial charge in [-0.15, -0.1) is 0 Å². The monoisotopic (exact) mass is 807 g/mol. The number of carbonyl (C=O) groups is 3. The van der Waals surface area contributed by atoms with E-state index in [0.29, 0.717) is 19.3 Å². The van der Waals surface area contributed by atoms with E-state index in [-0.39, 0.29) is 31.1 Å². The maximum absolute atomic E-state index is 12.8. The molecule has 0 spiro atoms. The predicted molar refractivity (Wildman–Crippen MR) is 243 cm³/mol. The van der Waals surface area contributed by atoms with Crippen LogP contribution in [0.4, 0.5) is 0 Å². The smallest absolute Gasteiger partial charge is 0.306 e. The molecule has 0 aromatic heterocycles. The molecule has 0 rings (SSSR count). The summed E-state index contributed by atoms with van der Waals surface area (Å²) in [5.74, 6) is 0.838. The zero-order valence-corrected chi connectivity index (χ0v) is 39.0. The number of hydrogen-bond donors (Lipinski definition) is 0. The van der Waals surface area contributed by atoms with Crippen LogP contribution in [0.5, 0.6) is 0 Å². The molecule has 6 heteroatoms. The van der Waals surface area contributed by atoms with E-state index in [1.807, 2.05) is 0 Å². The van der Waals surface area contributed by atoms with Crippen molar-refractivity contribution in [1.82, 2.24) is 0 Å². The van der Waals surface area contributed by atoms with E-state index >= 15 is 0 Å². The molecule has 0 amide bonds. The maximum Gasteiger partial charge on any atom is 0.306 e. The Hall–Kier alpha value is -1.59. The molecule has 0 saturated heterocycles. The topological polar surface area (TPSA) is 78.9 Å². The molecule has 6 nitrogen and oxygen atoms in total.